The van der Waals surface area contributed by atoms with Gasteiger partial charge in [0.05, 0.1) is 38.2 Å². The van der Waals surface area contributed by atoms with E-state index in [2.05, 4.69) is 0 Å². The van der Waals surface area contributed by atoms with E-state index in [1.54, 1.807) is 60.7 Å². The maximum atomic E-state index is 14.9. The maximum absolute atomic E-state index is 14.9. The zero-order valence-electron chi connectivity index (χ0n) is 26.0. The van der Waals surface area contributed by atoms with Crippen LogP contribution in [0.5, 0.6) is 23.0 Å². The summed E-state index contributed by atoms with van der Waals surface area (Å²) >= 11 is 0. The van der Waals surface area contributed by atoms with E-state index in [1.165, 1.54) is 40.6 Å². The van der Waals surface area contributed by atoms with Crippen LogP contribution in [-0.4, -0.2) is 59.8 Å². The predicted octanol–water partition coefficient (Wildman–Crippen LogP) is 6.41. The number of sulfone groups is 1. The summed E-state index contributed by atoms with van der Waals surface area (Å²) in [6.45, 7) is -1.77. The summed E-state index contributed by atoms with van der Waals surface area (Å²) in [5.74, 6) is 0.656. The van der Waals surface area contributed by atoms with Crippen LogP contribution in [0.25, 0.3) is 32.1 Å². The highest BCUT2D eigenvalue weighted by molar-refractivity contribution is 8.09. The fourth-order valence-corrected chi connectivity index (χ4v) is 6.78. The van der Waals surface area contributed by atoms with Crippen LogP contribution in [-0.2, 0) is 9.84 Å². The first-order valence-electron chi connectivity index (χ1n) is 14.1. The van der Waals surface area contributed by atoms with Crippen LogP contribution < -0.4 is 18.9 Å². The second kappa shape index (κ2) is 15.1. The Morgan fingerprint density at radius 1 is 0.617 bits per heavy atom. The van der Waals surface area contributed by atoms with E-state index in [9.17, 15) is 28.6 Å². The molecule has 0 saturated heterocycles. The normalized spacial score (nSPS) is 11.9. The molecular weight excluding hydrogens is 628 g/mol. The molecule has 0 N–H and O–H groups in total. The lowest BCUT2D eigenvalue weighted by atomic mass is 10.00. The minimum atomic E-state index is -4.83. The van der Waals surface area contributed by atoms with E-state index in [0.29, 0.717) is 22.3 Å². The third-order valence-corrected chi connectivity index (χ3v) is 9.07. The van der Waals surface area contributed by atoms with Crippen molar-refractivity contribution in [1.29, 1.82) is 0 Å². The van der Waals surface area contributed by atoms with Crippen molar-refractivity contribution in [2.45, 2.75) is 0 Å². The fourth-order valence-electron chi connectivity index (χ4n) is 5.07. The van der Waals surface area contributed by atoms with Gasteiger partial charge in [0.1, 0.15) is 23.0 Å². The van der Waals surface area contributed by atoms with Crippen LogP contribution in [0.2, 0.25) is 0 Å². The average molecular weight is 661 g/mol. The Morgan fingerprint density at radius 2 is 0.979 bits per heavy atom. The fraction of sp³-hybridized carbons (Fsp3) is 0.176. The van der Waals surface area contributed by atoms with Crippen molar-refractivity contribution in [1.82, 2.24) is 0 Å². The predicted molar refractivity (Wildman–Crippen MR) is 179 cm³/mol. The highest BCUT2D eigenvalue weighted by atomic mass is 32.2. The molecule has 0 saturated carbocycles. The number of nitro groups is 2. The molecule has 4 aromatic carbocycles. The molecule has 0 spiro atoms. The molecule has 13 heteroatoms. The highest BCUT2D eigenvalue weighted by Crippen LogP contribution is 2.47. The summed E-state index contributed by atoms with van der Waals surface area (Å²) in [6.07, 6.45) is 1.87. The van der Waals surface area contributed by atoms with Crippen LogP contribution in [0.15, 0.2) is 97.1 Å². The monoisotopic (exact) mass is 660 g/mol. The van der Waals surface area contributed by atoms with Gasteiger partial charge >= 0.3 is 0 Å². The van der Waals surface area contributed by atoms with Gasteiger partial charge in [-0.15, -0.1) is 0 Å². The summed E-state index contributed by atoms with van der Waals surface area (Å²) in [5, 5.41) is 23.3. The van der Waals surface area contributed by atoms with Gasteiger partial charge in [-0.3, -0.25) is 20.2 Å². The number of hydrogen-bond acceptors (Lipinski definition) is 10. The number of nitrogens with zero attached hydrogens (tertiary/aromatic N) is 2. The summed E-state index contributed by atoms with van der Waals surface area (Å²) in [7, 11) is 0.641. The zero-order chi connectivity index (χ0) is 34.1. The first-order chi connectivity index (χ1) is 22.5. The zero-order valence-corrected chi connectivity index (χ0v) is 26.9. The van der Waals surface area contributed by atoms with Crippen molar-refractivity contribution in [3.05, 3.63) is 128 Å². The lowest BCUT2D eigenvalue weighted by molar-refractivity contribution is -0.468. The molecule has 0 unspecified atom stereocenters. The van der Waals surface area contributed by atoms with Crippen LogP contribution >= 0.6 is 0 Å². The van der Waals surface area contributed by atoms with E-state index in [-0.39, 0.29) is 34.1 Å². The van der Waals surface area contributed by atoms with Crippen molar-refractivity contribution in [3.8, 4) is 45.3 Å². The highest BCUT2D eigenvalue weighted by Gasteiger charge is 2.33. The van der Waals surface area contributed by atoms with Gasteiger partial charge in [0.25, 0.3) is 0 Å². The molecule has 12 nitrogen and oxygen atoms in total. The molecule has 244 valence electrons. The SMILES string of the molecule is COc1cc(/C(=C\C[N+](=O)[O-])S(=O)(=O)/C(=C/C[N+](=O)[O-])c2cc(OC)cc(-c3ccccc3)c2OC)c(OC)c(-c2ccccc2)c1. The molecule has 0 atom stereocenters. The lowest BCUT2D eigenvalue weighted by Gasteiger charge is -2.21. The van der Waals surface area contributed by atoms with Crippen molar-refractivity contribution < 1.29 is 37.2 Å². The van der Waals surface area contributed by atoms with Crippen LogP contribution in [0.3, 0.4) is 0 Å². The second-order valence-electron chi connectivity index (χ2n) is 9.91. The quantitative estimate of drug-likeness (QED) is 0.109. The molecule has 0 aliphatic heterocycles. The van der Waals surface area contributed by atoms with Crippen molar-refractivity contribution in [2.75, 3.05) is 41.5 Å². The number of hydrogen-bond donors (Lipinski definition) is 0. The molecule has 4 rings (SSSR count). The van der Waals surface area contributed by atoms with Gasteiger partial charge in [0, 0.05) is 44.3 Å². The molecule has 0 radical (unpaired) electrons. The van der Waals surface area contributed by atoms with E-state index in [1.807, 2.05) is 12.1 Å². The van der Waals surface area contributed by atoms with Gasteiger partial charge < -0.3 is 18.9 Å². The Morgan fingerprint density at radius 3 is 1.28 bits per heavy atom. The molecule has 0 bridgehead atoms. The standard InChI is InChI=1S/C34H32N2O10S/c1-43-25-19-27(23-11-7-5-8-12-23)33(45-3)29(21-25)31(15-17-35(37)38)47(41,42)32(16-18-36(39)40)30-22-26(44-2)20-28(34(30)46-4)24-13-9-6-10-14-24/h5-16,19-22H,17-18H2,1-4H3/b31-15+,32-16+. The van der Waals surface area contributed by atoms with Crippen LogP contribution in [0.1, 0.15) is 11.1 Å². The van der Waals surface area contributed by atoms with Crippen molar-refractivity contribution >= 4 is 19.6 Å². The van der Waals surface area contributed by atoms with E-state index in [0.717, 1.165) is 12.2 Å². The Balaban J connectivity index is 2.11. The van der Waals surface area contributed by atoms with Crippen LogP contribution in [0, 0.1) is 20.2 Å². The Hall–Kier alpha value is -5.69. The lowest BCUT2D eigenvalue weighted by Crippen LogP contribution is -2.13. The first-order valence-corrected chi connectivity index (χ1v) is 15.6. The first kappa shape index (κ1) is 34.2. The van der Waals surface area contributed by atoms with Gasteiger partial charge in [-0.25, -0.2) is 8.42 Å². The minimum Gasteiger partial charge on any atom is -0.497 e. The molecule has 0 fully saturated rings. The minimum absolute atomic E-state index is 0.0512. The molecule has 47 heavy (non-hydrogen) atoms. The smallest absolute Gasteiger partial charge is 0.223 e. The number of ether oxygens (including phenoxy) is 4. The summed E-state index contributed by atoms with van der Waals surface area (Å²) in [4.78, 5) is 20.8. The molecule has 0 aromatic heterocycles. The van der Waals surface area contributed by atoms with Gasteiger partial charge in [-0.05, 0) is 35.4 Å². The summed E-state index contributed by atoms with van der Waals surface area (Å²) in [6, 6.07) is 24.0. The largest absolute Gasteiger partial charge is 0.497 e. The van der Waals surface area contributed by atoms with E-state index >= 15 is 0 Å². The maximum Gasteiger partial charge on any atom is 0.223 e. The van der Waals surface area contributed by atoms with E-state index < -0.39 is 42.6 Å². The van der Waals surface area contributed by atoms with Gasteiger partial charge in [-0.1, -0.05) is 60.7 Å². The molecular formula is C34H32N2O10S. The third kappa shape index (κ3) is 7.59. The number of methoxy groups -OCH3 is 4. The summed E-state index contributed by atoms with van der Waals surface area (Å²) < 4.78 is 52.3. The molecule has 0 aliphatic rings. The van der Waals surface area contributed by atoms with Gasteiger partial charge in [-0.2, -0.15) is 0 Å². The topological polar surface area (TPSA) is 157 Å². The average Bonchev–Trinajstić information content (AvgIpc) is 3.07. The number of benzene rings is 4. The van der Waals surface area contributed by atoms with Crippen molar-refractivity contribution in [2.24, 2.45) is 0 Å². The van der Waals surface area contributed by atoms with Crippen LogP contribution in [0.4, 0.5) is 0 Å². The Bertz CT molecular complexity index is 1810. The Kier molecular flexibility index (Phi) is 11.0. The molecule has 0 amide bonds. The molecule has 4 aromatic rings. The van der Waals surface area contributed by atoms with Gasteiger partial charge in [0.2, 0.25) is 22.9 Å². The Labute approximate surface area is 271 Å². The molecule has 0 heterocycles. The second-order valence-corrected chi connectivity index (χ2v) is 11.8. The van der Waals surface area contributed by atoms with Crippen molar-refractivity contribution in [3.63, 3.8) is 0 Å². The molecule has 0 aliphatic carbocycles. The number of rotatable bonds is 14. The summed E-state index contributed by atoms with van der Waals surface area (Å²) in [5.41, 5.74) is 2.11. The van der Waals surface area contributed by atoms with Gasteiger partial charge in [0.15, 0.2) is 0 Å². The van der Waals surface area contributed by atoms with E-state index in [4.69, 9.17) is 18.9 Å². The third-order valence-electron chi connectivity index (χ3n) is 7.14.